The van der Waals surface area contributed by atoms with Crippen molar-refractivity contribution in [2.24, 2.45) is 5.92 Å². The van der Waals surface area contributed by atoms with Crippen molar-refractivity contribution in [1.29, 1.82) is 0 Å². The Labute approximate surface area is 126 Å². The highest BCUT2D eigenvalue weighted by Crippen LogP contribution is 2.18. The van der Waals surface area contributed by atoms with Gasteiger partial charge in [-0.2, -0.15) is 0 Å². The van der Waals surface area contributed by atoms with E-state index in [-0.39, 0.29) is 18.3 Å². The molecule has 21 heavy (non-hydrogen) atoms. The van der Waals surface area contributed by atoms with E-state index in [0.717, 1.165) is 5.56 Å². The van der Waals surface area contributed by atoms with E-state index in [1.807, 2.05) is 27.7 Å². The Bertz CT molecular complexity index is 462. The zero-order valence-electron chi connectivity index (χ0n) is 13.2. The van der Waals surface area contributed by atoms with Gasteiger partial charge in [0, 0.05) is 19.1 Å². The van der Waals surface area contributed by atoms with Gasteiger partial charge in [0.1, 0.15) is 0 Å². The van der Waals surface area contributed by atoms with Crippen molar-refractivity contribution >= 4 is 5.91 Å². The summed E-state index contributed by atoms with van der Waals surface area (Å²) in [5.41, 5.74) is 0.845. The quantitative estimate of drug-likeness (QED) is 0.775. The lowest BCUT2D eigenvalue weighted by Gasteiger charge is -2.11. The number of hydrogen-bond donors (Lipinski definition) is 2. The Balaban J connectivity index is 2.47. The van der Waals surface area contributed by atoms with E-state index < -0.39 is 5.82 Å². The van der Waals surface area contributed by atoms with Crippen LogP contribution in [0.15, 0.2) is 18.2 Å². The molecule has 0 aliphatic carbocycles. The lowest BCUT2D eigenvalue weighted by molar-refractivity contribution is -0.123. The standard InChI is InChI=1S/C16H25FN2O2/c1-11(2)8-19-16(20)10-21-15-6-5-13(7-14(15)17)9-18-12(3)4/h5-7,11-12,18H,8-10H2,1-4H3,(H,19,20). The van der Waals surface area contributed by atoms with Crippen molar-refractivity contribution in [3.63, 3.8) is 0 Å². The molecule has 0 saturated heterocycles. The normalized spacial score (nSPS) is 11.0. The molecule has 0 spiro atoms. The van der Waals surface area contributed by atoms with Crippen LogP contribution in [-0.2, 0) is 11.3 Å². The van der Waals surface area contributed by atoms with Crippen molar-refractivity contribution in [2.45, 2.75) is 40.3 Å². The van der Waals surface area contributed by atoms with Crippen LogP contribution in [0.2, 0.25) is 0 Å². The highest BCUT2D eigenvalue weighted by Gasteiger charge is 2.08. The number of amides is 1. The number of rotatable bonds is 8. The third-order valence-electron chi connectivity index (χ3n) is 2.78. The van der Waals surface area contributed by atoms with Crippen LogP contribution in [0.5, 0.6) is 5.75 Å². The van der Waals surface area contributed by atoms with E-state index in [4.69, 9.17) is 4.74 Å². The van der Waals surface area contributed by atoms with Crippen molar-refractivity contribution in [2.75, 3.05) is 13.2 Å². The second-order valence-corrected chi connectivity index (χ2v) is 5.79. The van der Waals surface area contributed by atoms with Crippen molar-refractivity contribution < 1.29 is 13.9 Å². The summed E-state index contributed by atoms with van der Waals surface area (Å²) in [5, 5.41) is 5.93. The largest absolute Gasteiger partial charge is 0.481 e. The first-order chi connectivity index (χ1) is 9.88. The summed E-state index contributed by atoms with van der Waals surface area (Å²) in [6.45, 7) is 9.09. The number of hydrogen-bond acceptors (Lipinski definition) is 3. The third kappa shape index (κ3) is 7.09. The summed E-state index contributed by atoms with van der Waals surface area (Å²) in [7, 11) is 0. The Morgan fingerprint density at radius 2 is 2.00 bits per heavy atom. The molecular weight excluding hydrogens is 271 g/mol. The molecule has 0 heterocycles. The molecule has 0 aliphatic rings. The first kappa shape index (κ1) is 17.4. The maximum absolute atomic E-state index is 13.9. The highest BCUT2D eigenvalue weighted by atomic mass is 19.1. The second-order valence-electron chi connectivity index (χ2n) is 5.79. The minimum Gasteiger partial charge on any atom is -0.481 e. The van der Waals surface area contributed by atoms with E-state index >= 15 is 0 Å². The zero-order chi connectivity index (χ0) is 15.8. The predicted molar refractivity (Wildman–Crippen MR) is 81.7 cm³/mol. The smallest absolute Gasteiger partial charge is 0.257 e. The van der Waals surface area contributed by atoms with Gasteiger partial charge >= 0.3 is 0 Å². The van der Waals surface area contributed by atoms with Gasteiger partial charge in [0.05, 0.1) is 0 Å². The maximum atomic E-state index is 13.9. The molecule has 4 nitrogen and oxygen atoms in total. The minimum atomic E-state index is -0.449. The van der Waals surface area contributed by atoms with Gasteiger partial charge in [0.25, 0.3) is 5.91 Å². The molecule has 5 heteroatoms. The fourth-order valence-corrected chi connectivity index (χ4v) is 1.61. The number of ether oxygens (including phenoxy) is 1. The summed E-state index contributed by atoms with van der Waals surface area (Å²) in [4.78, 5) is 11.5. The SMILES string of the molecule is CC(C)CNC(=O)COc1ccc(CNC(C)C)cc1F. The summed E-state index contributed by atoms with van der Waals surface area (Å²) in [6, 6.07) is 5.12. The van der Waals surface area contributed by atoms with Crippen molar-refractivity contribution in [3.05, 3.63) is 29.6 Å². The average Bonchev–Trinajstić information content (AvgIpc) is 2.41. The van der Waals surface area contributed by atoms with Crippen LogP contribution in [0.1, 0.15) is 33.3 Å². The van der Waals surface area contributed by atoms with Gasteiger partial charge < -0.3 is 15.4 Å². The second kappa shape index (κ2) is 8.62. The predicted octanol–water partition coefficient (Wildman–Crippen LogP) is 2.47. The molecule has 0 unspecified atom stereocenters. The Hall–Kier alpha value is -1.62. The van der Waals surface area contributed by atoms with Crippen LogP contribution >= 0.6 is 0 Å². The molecule has 118 valence electrons. The molecule has 0 radical (unpaired) electrons. The Morgan fingerprint density at radius 3 is 2.57 bits per heavy atom. The van der Waals surface area contributed by atoms with Gasteiger partial charge in [-0.15, -0.1) is 0 Å². The third-order valence-corrected chi connectivity index (χ3v) is 2.78. The number of benzene rings is 1. The molecule has 1 rings (SSSR count). The molecule has 0 bridgehead atoms. The van der Waals surface area contributed by atoms with Crippen LogP contribution in [0.3, 0.4) is 0 Å². The Kier molecular flexibility index (Phi) is 7.15. The molecular formula is C16H25FN2O2. The van der Waals surface area contributed by atoms with Crippen molar-refractivity contribution in [1.82, 2.24) is 10.6 Å². The van der Waals surface area contributed by atoms with E-state index in [0.29, 0.717) is 25.0 Å². The van der Waals surface area contributed by atoms with Gasteiger partial charge in [-0.3, -0.25) is 4.79 Å². The number of halogens is 1. The van der Waals surface area contributed by atoms with Crippen LogP contribution in [0.4, 0.5) is 4.39 Å². The van der Waals surface area contributed by atoms with Gasteiger partial charge in [-0.05, 0) is 23.6 Å². The molecule has 1 aromatic carbocycles. The van der Waals surface area contributed by atoms with Gasteiger partial charge in [0.15, 0.2) is 18.2 Å². The number of carbonyl (C=O) groups is 1. The molecule has 0 aliphatic heterocycles. The van der Waals surface area contributed by atoms with E-state index in [1.165, 1.54) is 6.07 Å². The lowest BCUT2D eigenvalue weighted by atomic mass is 10.2. The summed E-state index contributed by atoms with van der Waals surface area (Å²) in [6.07, 6.45) is 0. The monoisotopic (exact) mass is 296 g/mol. The highest BCUT2D eigenvalue weighted by molar-refractivity contribution is 5.77. The molecule has 0 saturated carbocycles. The molecule has 0 aromatic heterocycles. The number of carbonyl (C=O) groups excluding carboxylic acids is 1. The van der Waals surface area contributed by atoms with E-state index in [1.54, 1.807) is 12.1 Å². The van der Waals surface area contributed by atoms with Crippen LogP contribution in [0, 0.1) is 11.7 Å². The van der Waals surface area contributed by atoms with E-state index in [9.17, 15) is 9.18 Å². The summed E-state index contributed by atoms with van der Waals surface area (Å²) < 4.78 is 19.1. The fourth-order valence-electron chi connectivity index (χ4n) is 1.61. The first-order valence-corrected chi connectivity index (χ1v) is 7.29. The van der Waals surface area contributed by atoms with E-state index in [2.05, 4.69) is 10.6 Å². The average molecular weight is 296 g/mol. The molecule has 2 N–H and O–H groups in total. The first-order valence-electron chi connectivity index (χ1n) is 7.29. The van der Waals surface area contributed by atoms with Gasteiger partial charge in [-0.25, -0.2) is 4.39 Å². The zero-order valence-corrected chi connectivity index (χ0v) is 13.2. The molecule has 1 aromatic rings. The number of nitrogens with one attached hydrogen (secondary N) is 2. The summed E-state index contributed by atoms with van der Waals surface area (Å²) in [5.74, 6) is -0.218. The van der Waals surface area contributed by atoms with Crippen LogP contribution in [0.25, 0.3) is 0 Å². The molecule has 0 atom stereocenters. The van der Waals surface area contributed by atoms with Crippen LogP contribution < -0.4 is 15.4 Å². The van der Waals surface area contributed by atoms with Gasteiger partial charge in [0.2, 0.25) is 0 Å². The fraction of sp³-hybridized carbons (Fsp3) is 0.562. The topological polar surface area (TPSA) is 50.4 Å². The summed E-state index contributed by atoms with van der Waals surface area (Å²) >= 11 is 0. The van der Waals surface area contributed by atoms with Gasteiger partial charge in [-0.1, -0.05) is 33.8 Å². The molecule has 1 amide bonds. The van der Waals surface area contributed by atoms with Crippen LogP contribution in [-0.4, -0.2) is 25.1 Å². The Morgan fingerprint density at radius 1 is 1.29 bits per heavy atom. The molecule has 0 fully saturated rings. The van der Waals surface area contributed by atoms with Crippen molar-refractivity contribution in [3.8, 4) is 5.75 Å². The lowest BCUT2D eigenvalue weighted by Crippen LogP contribution is -2.31. The maximum Gasteiger partial charge on any atom is 0.257 e. The minimum absolute atomic E-state index is 0.1000.